The van der Waals surface area contributed by atoms with Gasteiger partial charge in [-0.25, -0.2) is 0 Å². The highest BCUT2D eigenvalue weighted by atomic mass is 35.5. The van der Waals surface area contributed by atoms with Crippen LogP contribution in [0.2, 0.25) is 0 Å². The monoisotopic (exact) mass is 406 g/mol. The first-order valence-electron chi connectivity index (χ1n) is 12.1. The fraction of sp³-hybridized carbons (Fsp3) is 1.00. The molecule has 0 rings (SSSR count). The van der Waals surface area contributed by atoms with Crippen molar-refractivity contribution in [2.75, 3.05) is 6.16 Å². The molecule has 0 aliphatic rings. The molecule has 0 heterocycles. The first kappa shape index (κ1) is 28.9. The van der Waals surface area contributed by atoms with Gasteiger partial charge in [0.05, 0.1) is 0 Å². The van der Waals surface area contributed by atoms with E-state index in [1.165, 1.54) is 147 Å². The van der Waals surface area contributed by atoms with Gasteiger partial charge in [-0.05, 0) is 12.6 Å². The molecule has 0 aliphatic heterocycles. The maximum absolute atomic E-state index is 2.84. The minimum atomic E-state index is 0. The molecule has 2 heteroatoms. The average molecular weight is 407 g/mol. The third kappa shape index (κ3) is 26.9. The van der Waals surface area contributed by atoms with Crippen LogP contribution in [0.1, 0.15) is 148 Å². The van der Waals surface area contributed by atoms with Gasteiger partial charge >= 0.3 is 0 Å². The molecular weight excluding hydrogens is 355 g/mol. The Morgan fingerprint density at radius 2 is 0.538 bits per heavy atom. The maximum Gasteiger partial charge on any atom is -0.0381 e. The number of hydrogen-bond acceptors (Lipinski definition) is 0. The van der Waals surface area contributed by atoms with E-state index >= 15 is 0 Å². The van der Waals surface area contributed by atoms with Crippen molar-refractivity contribution in [1.29, 1.82) is 0 Å². The van der Waals surface area contributed by atoms with Crippen LogP contribution >= 0.6 is 21.6 Å². The van der Waals surface area contributed by atoms with Crippen LogP contribution in [0.4, 0.5) is 0 Å². The summed E-state index contributed by atoms with van der Waals surface area (Å²) in [5, 5.41) is 0. The molecule has 0 amide bonds. The highest BCUT2D eigenvalue weighted by Gasteiger charge is 1.95. The molecule has 0 aromatic carbocycles. The largest absolute Gasteiger partial charge is 0.147 e. The Kier molecular flexibility index (Phi) is 31.1. The Bertz CT molecular complexity index is 198. The van der Waals surface area contributed by atoms with Gasteiger partial charge in [0, 0.05) is 0 Å². The Labute approximate surface area is 176 Å². The van der Waals surface area contributed by atoms with Crippen molar-refractivity contribution in [3.63, 3.8) is 0 Å². The molecule has 160 valence electrons. The first-order valence-corrected chi connectivity index (χ1v) is 12.9. The maximum atomic E-state index is 2.84. The zero-order chi connectivity index (χ0) is 18.3. The van der Waals surface area contributed by atoms with Crippen LogP contribution in [0.5, 0.6) is 0 Å². The van der Waals surface area contributed by atoms with Crippen LogP contribution in [-0.4, -0.2) is 6.16 Å². The van der Waals surface area contributed by atoms with Crippen molar-refractivity contribution >= 4 is 21.6 Å². The van der Waals surface area contributed by atoms with Gasteiger partial charge in [0.15, 0.2) is 0 Å². The van der Waals surface area contributed by atoms with Crippen molar-refractivity contribution in [2.24, 2.45) is 0 Å². The van der Waals surface area contributed by atoms with Crippen LogP contribution in [0.15, 0.2) is 0 Å². The standard InChI is InChI=1S/C24H51P.ClH/c1-2-3-4-5-6-7-8-9-10-11-12-13-14-15-16-17-18-19-20-21-22-23-24-25;/h2-25H2,1H3;1H. The average Bonchev–Trinajstić information content (AvgIpc) is 2.63. The molecule has 0 fully saturated rings. The van der Waals surface area contributed by atoms with Gasteiger partial charge in [-0.1, -0.05) is 142 Å². The van der Waals surface area contributed by atoms with Crippen LogP contribution in [0.25, 0.3) is 0 Å². The first-order chi connectivity index (χ1) is 12.4. The van der Waals surface area contributed by atoms with Gasteiger partial charge in [-0.15, -0.1) is 21.6 Å². The molecule has 0 spiro atoms. The normalized spacial score (nSPS) is 10.8. The third-order valence-electron chi connectivity index (χ3n) is 5.56. The quantitative estimate of drug-likeness (QED) is 0.124. The molecule has 0 nitrogen and oxygen atoms in total. The zero-order valence-electron chi connectivity index (χ0n) is 18.2. The summed E-state index contributed by atoms with van der Waals surface area (Å²) in [5.41, 5.74) is 0. The second-order valence-corrected chi connectivity index (χ2v) is 8.79. The number of rotatable bonds is 22. The van der Waals surface area contributed by atoms with Crippen molar-refractivity contribution in [3.8, 4) is 0 Å². The lowest BCUT2D eigenvalue weighted by atomic mass is 10.0. The van der Waals surface area contributed by atoms with E-state index < -0.39 is 0 Å². The van der Waals surface area contributed by atoms with E-state index in [4.69, 9.17) is 0 Å². The molecular formula is C24H52ClP. The van der Waals surface area contributed by atoms with E-state index in [2.05, 4.69) is 16.2 Å². The summed E-state index contributed by atoms with van der Waals surface area (Å²) in [7, 11) is 2.84. The predicted octanol–water partition coefficient (Wildman–Crippen LogP) is 9.89. The van der Waals surface area contributed by atoms with Gasteiger partial charge in [0.2, 0.25) is 0 Å². The lowest BCUT2D eigenvalue weighted by molar-refractivity contribution is 0.520. The number of unbranched alkanes of at least 4 members (excludes halogenated alkanes) is 21. The van der Waals surface area contributed by atoms with Gasteiger partial charge in [-0.2, -0.15) is 0 Å². The van der Waals surface area contributed by atoms with Gasteiger partial charge in [0.25, 0.3) is 0 Å². The molecule has 0 saturated carbocycles. The molecule has 26 heavy (non-hydrogen) atoms. The van der Waals surface area contributed by atoms with E-state index in [-0.39, 0.29) is 12.4 Å². The van der Waals surface area contributed by atoms with E-state index in [1.54, 1.807) is 0 Å². The van der Waals surface area contributed by atoms with E-state index in [0.717, 1.165) is 0 Å². The SMILES string of the molecule is CCCCCCCCCCCCCCCCCCCCCCCCP.Cl. The highest BCUT2D eigenvalue weighted by molar-refractivity contribution is 7.16. The summed E-state index contributed by atoms with van der Waals surface area (Å²) < 4.78 is 0. The molecule has 0 aromatic rings. The van der Waals surface area contributed by atoms with Gasteiger partial charge in [0.1, 0.15) is 0 Å². The van der Waals surface area contributed by atoms with Crippen LogP contribution in [0, 0.1) is 0 Å². The van der Waals surface area contributed by atoms with Crippen molar-refractivity contribution in [3.05, 3.63) is 0 Å². The van der Waals surface area contributed by atoms with Gasteiger partial charge < -0.3 is 0 Å². The molecule has 1 atom stereocenters. The zero-order valence-corrected chi connectivity index (χ0v) is 20.2. The van der Waals surface area contributed by atoms with Crippen molar-refractivity contribution in [1.82, 2.24) is 0 Å². The Morgan fingerprint density at radius 3 is 0.731 bits per heavy atom. The van der Waals surface area contributed by atoms with E-state index in [0.29, 0.717) is 0 Å². The highest BCUT2D eigenvalue weighted by Crippen LogP contribution is 2.15. The van der Waals surface area contributed by atoms with Crippen molar-refractivity contribution < 1.29 is 0 Å². The Hall–Kier alpha value is 0.720. The van der Waals surface area contributed by atoms with Crippen LogP contribution in [0.3, 0.4) is 0 Å². The number of halogens is 1. The topological polar surface area (TPSA) is 0 Å². The molecule has 0 aliphatic carbocycles. The molecule has 1 unspecified atom stereocenters. The number of hydrogen-bond donors (Lipinski definition) is 0. The summed E-state index contributed by atoms with van der Waals surface area (Å²) in [5.74, 6) is 0. The van der Waals surface area contributed by atoms with Crippen LogP contribution < -0.4 is 0 Å². The summed E-state index contributed by atoms with van der Waals surface area (Å²) in [6.45, 7) is 2.30. The second kappa shape index (κ2) is 27.9. The third-order valence-corrected chi connectivity index (χ3v) is 5.97. The summed E-state index contributed by atoms with van der Waals surface area (Å²) >= 11 is 0. The summed E-state index contributed by atoms with van der Waals surface area (Å²) in [6.07, 6.45) is 33.7. The molecule has 0 N–H and O–H groups in total. The molecule has 0 radical (unpaired) electrons. The van der Waals surface area contributed by atoms with Crippen LogP contribution in [-0.2, 0) is 0 Å². The minimum absolute atomic E-state index is 0. The van der Waals surface area contributed by atoms with Gasteiger partial charge in [-0.3, -0.25) is 0 Å². The lowest BCUT2D eigenvalue weighted by Gasteiger charge is -2.04. The Morgan fingerprint density at radius 1 is 0.346 bits per heavy atom. The second-order valence-electron chi connectivity index (χ2n) is 8.21. The minimum Gasteiger partial charge on any atom is -0.147 e. The molecule has 0 saturated heterocycles. The molecule has 0 aromatic heterocycles. The van der Waals surface area contributed by atoms with E-state index in [9.17, 15) is 0 Å². The summed E-state index contributed by atoms with van der Waals surface area (Å²) in [6, 6.07) is 0. The molecule has 0 bridgehead atoms. The summed E-state index contributed by atoms with van der Waals surface area (Å²) in [4.78, 5) is 0. The van der Waals surface area contributed by atoms with Crippen molar-refractivity contribution in [2.45, 2.75) is 148 Å². The fourth-order valence-corrected chi connectivity index (χ4v) is 4.04. The fourth-order valence-electron chi connectivity index (χ4n) is 3.75. The smallest absolute Gasteiger partial charge is 0.0381 e. The predicted molar refractivity (Wildman–Crippen MR) is 129 cm³/mol. The Balaban J connectivity index is 0. The lowest BCUT2D eigenvalue weighted by Crippen LogP contribution is -1.84. The van der Waals surface area contributed by atoms with E-state index in [1.807, 2.05) is 0 Å².